The van der Waals surface area contributed by atoms with E-state index in [2.05, 4.69) is 31.4 Å². The maximum absolute atomic E-state index is 13.0. The molecule has 188 valence electrons. The van der Waals surface area contributed by atoms with Crippen molar-refractivity contribution >= 4 is 35.2 Å². The van der Waals surface area contributed by atoms with Crippen molar-refractivity contribution in [3.05, 3.63) is 65.2 Å². The highest BCUT2D eigenvalue weighted by atomic mass is 32.2. The van der Waals surface area contributed by atoms with Crippen LogP contribution in [0.5, 0.6) is 0 Å². The summed E-state index contributed by atoms with van der Waals surface area (Å²) in [5.41, 5.74) is 3.23. The van der Waals surface area contributed by atoms with E-state index >= 15 is 0 Å². The Hall–Kier alpha value is -2.80. The highest BCUT2D eigenvalue weighted by molar-refractivity contribution is 7.99. The zero-order valence-corrected chi connectivity index (χ0v) is 22.2. The average molecular weight is 496 g/mol. The Balaban J connectivity index is 1.59. The van der Waals surface area contributed by atoms with Crippen molar-refractivity contribution in [2.75, 3.05) is 29.9 Å². The molecule has 1 aliphatic rings. The van der Waals surface area contributed by atoms with Crippen molar-refractivity contribution in [3.8, 4) is 0 Å². The Labute approximate surface area is 213 Å². The maximum atomic E-state index is 13.0. The number of anilines is 1. The third kappa shape index (κ3) is 7.59. The highest BCUT2D eigenvalue weighted by Crippen LogP contribution is 2.22. The third-order valence-corrected chi connectivity index (χ3v) is 7.13. The lowest BCUT2D eigenvalue weighted by molar-refractivity contribution is -0.130. The van der Waals surface area contributed by atoms with E-state index in [1.165, 1.54) is 0 Å². The van der Waals surface area contributed by atoms with Crippen LogP contribution >= 0.6 is 11.8 Å². The highest BCUT2D eigenvalue weighted by Gasteiger charge is 2.25. The van der Waals surface area contributed by atoms with Crippen molar-refractivity contribution in [3.63, 3.8) is 0 Å². The normalized spacial score (nSPS) is 15.0. The summed E-state index contributed by atoms with van der Waals surface area (Å²) < 4.78 is 0. The van der Waals surface area contributed by atoms with Crippen LogP contribution in [0.4, 0.5) is 5.69 Å². The lowest BCUT2D eigenvalue weighted by Crippen LogP contribution is -2.47. The molecule has 1 heterocycles. The van der Waals surface area contributed by atoms with Crippen molar-refractivity contribution in [2.24, 2.45) is 5.92 Å². The first-order chi connectivity index (χ1) is 16.5. The van der Waals surface area contributed by atoms with Gasteiger partial charge in [0.25, 0.3) is 5.91 Å². The number of rotatable bonds is 7. The van der Waals surface area contributed by atoms with Crippen LogP contribution in [0.2, 0.25) is 0 Å². The van der Waals surface area contributed by atoms with Crippen LogP contribution in [0.1, 0.15) is 56.1 Å². The minimum atomic E-state index is -0.678. The zero-order valence-electron chi connectivity index (χ0n) is 21.4. The first kappa shape index (κ1) is 26.8. The van der Waals surface area contributed by atoms with Crippen molar-refractivity contribution in [1.82, 2.24) is 10.2 Å². The topological polar surface area (TPSA) is 78.5 Å². The van der Waals surface area contributed by atoms with Gasteiger partial charge in [0.15, 0.2) is 0 Å². The number of nitrogens with one attached hydrogen (secondary N) is 2. The summed E-state index contributed by atoms with van der Waals surface area (Å²) in [5.74, 6) is 1.49. The van der Waals surface area contributed by atoms with Gasteiger partial charge < -0.3 is 15.5 Å². The number of hydrogen-bond donors (Lipinski definition) is 2. The van der Waals surface area contributed by atoms with Gasteiger partial charge in [0.05, 0.1) is 6.42 Å². The van der Waals surface area contributed by atoms with Crippen LogP contribution in [0.3, 0.4) is 0 Å². The van der Waals surface area contributed by atoms with E-state index in [0.29, 0.717) is 17.7 Å². The fourth-order valence-electron chi connectivity index (χ4n) is 3.91. The van der Waals surface area contributed by atoms with Gasteiger partial charge in [0.1, 0.15) is 6.04 Å². The fraction of sp³-hybridized carbons (Fsp3) is 0.464. The van der Waals surface area contributed by atoms with Gasteiger partial charge in [-0.15, -0.1) is 0 Å². The number of amides is 3. The molecule has 1 unspecified atom stereocenters. The van der Waals surface area contributed by atoms with E-state index in [-0.39, 0.29) is 29.1 Å². The van der Waals surface area contributed by atoms with Gasteiger partial charge in [-0.05, 0) is 46.7 Å². The van der Waals surface area contributed by atoms with E-state index in [0.717, 1.165) is 35.7 Å². The van der Waals surface area contributed by atoms with Gasteiger partial charge in [0, 0.05) is 35.8 Å². The molecule has 1 saturated heterocycles. The van der Waals surface area contributed by atoms with E-state index in [9.17, 15) is 14.4 Å². The quantitative estimate of drug-likeness (QED) is 0.593. The SMILES string of the molecule is CC(C)C(NC(=O)c1ccc(C(C)(C)C)cc1)C(=O)Nc1ccc(CC(=O)N2CCSCC2)cc1. The number of thioether (sulfide) groups is 1. The molecule has 3 amide bonds. The molecule has 1 aliphatic heterocycles. The first-order valence-electron chi connectivity index (χ1n) is 12.2. The number of nitrogens with zero attached hydrogens (tertiary/aromatic N) is 1. The van der Waals surface area contributed by atoms with Gasteiger partial charge in [-0.25, -0.2) is 0 Å². The van der Waals surface area contributed by atoms with E-state index in [1.807, 2.05) is 54.8 Å². The average Bonchev–Trinajstić information content (AvgIpc) is 2.83. The van der Waals surface area contributed by atoms with Crippen LogP contribution < -0.4 is 10.6 Å². The lowest BCUT2D eigenvalue weighted by Gasteiger charge is -2.26. The van der Waals surface area contributed by atoms with Crippen molar-refractivity contribution in [2.45, 2.75) is 52.5 Å². The van der Waals surface area contributed by atoms with Gasteiger partial charge >= 0.3 is 0 Å². The zero-order chi connectivity index (χ0) is 25.6. The van der Waals surface area contributed by atoms with Gasteiger partial charge in [-0.2, -0.15) is 11.8 Å². The first-order valence-corrected chi connectivity index (χ1v) is 13.4. The largest absolute Gasteiger partial charge is 0.341 e. The van der Waals surface area contributed by atoms with Crippen LogP contribution in [0, 0.1) is 5.92 Å². The number of carbonyl (C=O) groups excluding carboxylic acids is 3. The summed E-state index contributed by atoms with van der Waals surface area (Å²) in [6.07, 6.45) is 0.359. The number of carbonyl (C=O) groups is 3. The van der Waals surface area contributed by atoms with E-state index in [4.69, 9.17) is 0 Å². The molecular formula is C28H37N3O3S. The summed E-state index contributed by atoms with van der Waals surface area (Å²) in [5, 5.41) is 5.78. The summed E-state index contributed by atoms with van der Waals surface area (Å²) in [6, 6.07) is 14.2. The number of hydrogen-bond acceptors (Lipinski definition) is 4. The molecule has 2 N–H and O–H groups in total. The molecule has 0 aromatic heterocycles. The minimum absolute atomic E-state index is 0.00487. The van der Waals surface area contributed by atoms with Crippen LogP contribution in [0.15, 0.2) is 48.5 Å². The molecule has 0 bridgehead atoms. The van der Waals surface area contributed by atoms with Gasteiger partial charge in [-0.3, -0.25) is 14.4 Å². The minimum Gasteiger partial charge on any atom is -0.341 e. The second kappa shape index (κ2) is 11.8. The molecule has 6 nitrogen and oxygen atoms in total. The predicted octanol–water partition coefficient (Wildman–Crippen LogP) is 4.50. The second-order valence-electron chi connectivity index (χ2n) is 10.4. The Morgan fingerprint density at radius 3 is 2.09 bits per heavy atom. The third-order valence-electron chi connectivity index (χ3n) is 6.19. The smallest absolute Gasteiger partial charge is 0.251 e. The van der Waals surface area contributed by atoms with Crippen LogP contribution in [0.25, 0.3) is 0 Å². The molecule has 0 spiro atoms. The molecule has 35 heavy (non-hydrogen) atoms. The monoisotopic (exact) mass is 495 g/mol. The Bertz CT molecular complexity index is 1020. The van der Waals surface area contributed by atoms with E-state index in [1.54, 1.807) is 24.3 Å². The molecule has 1 fully saturated rings. The molecule has 2 aromatic rings. The fourth-order valence-corrected chi connectivity index (χ4v) is 4.81. The molecule has 2 aromatic carbocycles. The Morgan fingerprint density at radius 1 is 0.943 bits per heavy atom. The van der Waals surface area contributed by atoms with Crippen molar-refractivity contribution < 1.29 is 14.4 Å². The Morgan fingerprint density at radius 2 is 1.54 bits per heavy atom. The van der Waals surface area contributed by atoms with E-state index < -0.39 is 6.04 Å². The second-order valence-corrected chi connectivity index (χ2v) is 11.6. The molecule has 1 atom stereocenters. The summed E-state index contributed by atoms with van der Waals surface area (Å²) in [6.45, 7) is 11.8. The van der Waals surface area contributed by atoms with Crippen LogP contribution in [-0.4, -0.2) is 53.3 Å². The summed E-state index contributed by atoms with van der Waals surface area (Å²) in [7, 11) is 0. The molecule has 0 saturated carbocycles. The molecule has 3 rings (SSSR count). The summed E-state index contributed by atoms with van der Waals surface area (Å²) in [4.78, 5) is 40.2. The van der Waals surface area contributed by atoms with Crippen LogP contribution in [-0.2, 0) is 21.4 Å². The van der Waals surface area contributed by atoms with Gasteiger partial charge in [-0.1, -0.05) is 58.9 Å². The molecule has 0 aliphatic carbocycles. The number of benzene rings is 2. The van der Waals surface area contributed by atoms with Crippen molar-refractivity contribution in [1.29, 1.82) is 0 Å². The maximum Gasteiger partial charge on any atom is 0.251 e. The molecule has 7 heteroatoms. The van der Waals surface area contributed by atoms with Gasteiger partial charge in [0.2, 0.25) is 11.8 Å². The standard InChI is InChI=1S/C28H37N3O3S/c1-19(2)25(30-26(33)21-8-10-22(11-9-21)28(3,4)5)27(34)29-23-12-6-20(7-13-23)18-24(32)31-14-16-35-17-15-31/h6-13,19,25H,14-18H2,1-5H3,(H,29,34)(H,30,33). The lowest BCUT2D eigenvalue weighted by atomic mass is 9.86. The summed E-state index contributed by atoms with van der Waals surface area (Å²) >= 11 is 1.88. The predicted molar refractivity (Wildman–Crippen MR) is 144 cm³/mol. The molecular weight excluding hydrogens is 458 g/mol. The Kier molecular flexibility index (Phi) is 9.00. The molecule has 0 radical (unpaired) electrons.